The average Bonchev–Trinajstić information content (AvgIpc) is 2.28. The van der Waals surface area contributed by atoms with Gasteiger partial charge in [0.1, 0.15) is 5.75 Å². The van der Waals surface area contributed by atoms with Crippen molar-refractivity contribution in [3.63, 3.8) is 0 Å². The first-order valence-electron chi connectivity index (χ1n) is 4.63. The molecule has 2 aromatic rings. The van der Waals surface area contributed by atoms with Gasteiger partial charge in [-0.3, -0.25) is 0 Å². The molecule has 0 bridgehead atoms. The normalized spacial score (nSPS) is 10.4. The van der Waals surface area contributed by atoms with Crippen molar-refractivity contribution in [1.29, 1.82) is 0 Å². The van der Waals surface area contributed by atoms with Crippen molar-refractivity contribution in [2.75, 3.05) is 7.11 Å². The lowest BCUT2D eigenvalue weighted by Gasteiger charge is -2.09. The van der Waals surface area contributed by atoms with Gasteiger partial charge in [-0.2, -0.15) is 0 Å². The van der Waals surface area contributed by atoms with Gasteiger partial charge in [0, 0.05) is 5.39 Å². The Morgan fingerprint density at radius 2 is 1.94 bits per heavy atom. The van der Waals surface area contributed by atoms with Crippen molar-refractivity contribution < 1.29 is 14.6 Å². The number of methoxy groups -OCH3 is 1. The predicted octanol–water partition coefficient (Wildman–Crippen LogP) is 3.20. The zero-order valence-electron chi connectivity index (χ0n) is 8.53. The van der Waals surface area contributed by atoms with Crippen molar-refractivity contribution in [3.05, 3.63) is 40.9 Å². The smallest absolute Gasteiger partial charge is 0.336 e. The van der Waals surface area contributed by atoms with Gasteiger partial charge in [-0.1, -0.05) is 35.9 Å². The number of hydrogen-bond donors (Lipinski definition) is 1. The topological polar surface area (TPSA) is 46.5 Å². The molecular weight excluding hydrogens is 228 g/mol. The van der Waals surface area contributed by atoms with Gasteiger partial charge >= 0.3 is 5.97 Å². The summed E-state index contributed by atoms with van der Waals surface area (Å²) in [6.45, 7) is 0. The number of ether oxygens (including phenoxy) is 1. The van der Waals surface area contributed by atoms with E-state index >= 15 is 0 Å². The van der Waals surface area contributed by atoms with Crippen molar-refractivity contribution in [2.24, 2.45) is 0 Å². The lowest BCUT2D eigenvalue weighted by molar-refractivity contribution is 0.0699. The third-order valence-electron chi connectivity index (χ3n) is 2.38. The van der Waals surface area contributed by atoms with Gasteiger partial charge in [0.2, 0.25) is 0 Å². The highest BCUT2D eigenvalue weighted by Crippen LogP contribution is 2.35. The number of carboxylic acids is 1. The van der Waals surface area contributed by atoms with Crippen LogP contribution in [0.25, 0.3) is 10.8 Å². The molecule has 16 heavy (non-hydrogen) atoms. The summed E-state index contributed by atoms with van der Waals surface area (Å²) in [5.41, 5.74) is 0.182. The second-order valence-corrected chi connectivity index (χ2v) is 3.70. The number of fused-ring (bicyclic) bond motifs is 1. The van der Waals surface area contributed by atoms with Gasteiger partial charge in [-0.25, -0.2) is 4.79 Å². The number of rotatable bonds is 2. The third-order valence-corrected chi connectivity index (χ3v) is 2.67. The summed E-state index contributed by atoms with van der Waals surface area (Å²) in [4.78, 5) is 11.1. The number of halogens is 1. The van der Waals surface area contributed by atoms with E-state index in [9.17, 15) is 4.79 Å². The molecule has 0 aromatic heterocycles. The van der Waals surface area contributed by atoms with Gasteiger partial charge in [0.15, 0.2) is 0 Å². The first-order valence-corrected chi connectivity index (χ1v) is 5.01. The lowest BCUT2D eigenvalue weighted by Crippen LogP contribution is -1.99. The fourth-order valence-corrected chi connectivity index (χ4v) is 1.99. The summed E-state index contributed by atoms with van der Waals surface area (Å²) in [7, 11) is 1.51. The molecule has 0 saturated heterocycles. The Hall–Kier alpha value is -1.74. The number of aromatic carboxylic acids is 1. The fourth-order valence-electron chi connectivity index (χ4n) is 1.70. The SMILES string of the molecule is COc1c(Cl)cc(C(=O)O)c2ccccc12. The Morgan fingerprint density at radius 3 is 2.50 bits per heavy atom. The standard InChI is InChI=1S/C12H9ClO3/c1-16-11-8-5-3-2-4-7(8)9(12(14)15)6-10(11)13/h2-6H,1H3,(H,14,15). The summed E-state index contributed by atoms with van der Waals surface area (Å²) in [6.07, 6.45) is 0. The summed E-state index contributed by atoms with van der Waals surface area (Å²) in [6, 6.07) is 8.52. The van der Waals surface area contributed by atoms with E-state index in [1.54, 1.807) is 18.2 Å². The van der Waals surface area contributed by atoms with E-state index in [0.717, 1.165) is 0 Å². The summed E-state index contributed by atoms with van der Waals surface area (Å²) in [5, 5.41) is 10.7. The molecule has 1 N–H and O–H groups in total. The third kappa shape index (κ3) is 1.59. The quantitative estimate of drug-likeness (QED) is 0.871. The highest BCUT2D eigenvalue weighted by molar-refractivity contribution is 6.34. The molecule has 0 saturated carbocycles. The van der Waals surface area contributed by atoms with Crippen LogP contribution in [-0.2, 0) is 0 Å². The van der Waals surface area contributed by atoms with E-state index in [1.807, 2.05) is 6.07 Å². The molecule has 3 nitrogen and oxygen atoms in total. The minimum absolute atomic E-state index is 0.182. The summed E-state index contributed by atoms with van der Waals surface area (Å²) >= 11 is 5.96. The maximum atomic E-state index is 11.1. The molecule has 0 heterocycles. The van der Waals surface area contributed by atoms with Crippen LogP contribution in [0.5, 0.6) is 5.75 Å². The lowest BCUT2D eigenvalue weighted by atomic mass is 10.0. The van der Waals surface area contributed by atoms with Crippen LogP contribution in [0.1, 0.15) is 10.4 Å². The Morgan fingerprint density at radius 1 is 1.31 bits per heavy atom. The van der Waals surface area contributed by atoms with E-state index < -0.39 is 5.97 Å². The van der Waals surface area contributed by atoms with Crippen LogP contribution >= 0.6 is 11.6 Å². The maximum Gasteiger partial charge on any atom is 0.336 e. The zero-order chi connectivity index (χ0) is 11.7. The molecule has 0 radical (unpaired) electrons. The predicted molar refractivity (Wildman–Crippen MR) is 62.5 cm³/mol. The molecular formula is C12H9ClO3. The molecule has 0 atom stereocenters. The summed E-state index contributed by atoms with van der Waals surface area (Å²) in [5.74, 6) is -0.497. The number of hydrogen-bond acceptors (Lipinski definition) is 2. The van der Waals surface area contributed by atoms with Gasteiger partial charge in [-0.05, 0) is 11.5 Å². The van der Waals surface area contributed by atoms with E-state index in [2.05, 4.69) is 0 Å². The monoisotopic (exact) mass is 236 g/mol. The minimum atomic E-state index is -0.999. The molecule has 2 aromatic carbocycles. The van der Waals surface area contributed by atoms with Crippen LogP contribution in [0.15, 0.2) is 30.3 Å². The molecule has 2 rings (SSSR count). The molecule has 0 spiro atoms. The number of benzene rings is 2. The van der Waals surface area contributed by atoms with Crippen LogP contribution in [0.3, 0.4) is 0 Å². The zero-order valence-corrected chi connectivity index (χ0v) is 9.28. The highest BCUT2D eigenvalue weighted by Gasteiger charge is 2.14. The number of carboxylic acid groups (broad SMARTS) is 1. The maximum absolute atomic E-state index is 11.1. The van der Waals surface area contributed by atoms with Crippen molar-refractivity contribution in [2.45, 2.75) is 0 Å². The van der Waals surface area contributed by atoms with Crippen LogP contribution in [0.2, 0.25) is 5.02 Å². The van der Waals surface area contributed by atoms with Gasteiger partial charge in [0.05, 0.1) is 17.7 Å². The molecule has 82 valence electrons. The molecule has 0 unspecified atom stereocenters. The fraction of sp³-hybridized carbons (Fsp3) is 0.0833. The van der Waals surface area contributed by atoms with E-state index in [4.69, 9.17) is 21.4 Å². The minimum Gasteiger partial charge on any atom is -0.495 e. The van der Waals surface area contributed by atoms with Gasteiger partial charge < -0.3 is 9.84 Å². The van der Waals surface area contributed by atoms with E-state index in [1.165, 1.54) is 13.2 Å². The second-order valence-electron chi connectivity index (χ2n) is 3.29. The van der Waals surface area contributed by atoms with Crippen molar-refractivity contribution in [3.8, 4) is 5.75 Å². The summed E-state index contributed by atoms with van der Waals surface area (Å²) < 4.78 is 5.17. The van der Waals surface area contributed by atoms with Crippen molar-refractivity contribution >= 4 is 28.3 Å². The Balaban J connectivity index is 2.91. The van der Waals surface area contributed by atoms with Crippen LogP contribution < -0.4 is 4.74 Å². The largest absolute Gasteiger partial charge is 0.495 e. The second kappa shape index (κ2) is 4.02. The average molecular weight is 237 g/mol. The van der Waals surface area contributed by atoms with Crippen LogP contribution in [0.4, 0.5) is 0 Å². The van der Waals surface area contributed by atoms with E-state index in [0.29, 0.717) is 21.5 Å². The molecule has 4 heteroatoms. The Bertz CT molecular complexity index is 563. The van der Waals surface area contributed by atoms with Gasteiger partial charge in [0.25, 0.3) is 0 Å². The molecule has 0 aliphatic rings. The first kappa shape index (κ1) is 10.8. The van der Waals surface area contributed by atoms with E-state index in [-0.39, 0.29) is 5.56 Å². The van der Waals surface area contributed by atoms with Gasteiger partial charge in [-0.15, -0.1) is 0 Å². The Labute approximate surface area is 97.2 Å². The first-order chi connectivity index (χ1) is 7.65. The highest BCUT2D eigenvalue weighted by atomic mass is 35.5. The molecule has 0 fully saturated rings. The molecule has 0 aliphatic heterocycles. The molecule has 0 aliphatic carbocycles. The number of carbonyl (C=O) groups is 1. The Kier molecular flexibility index (Phi) is 2.71. The van der Waals surface area contributed by atoms with Crippen LogP contribution in [0, 0.1) is 0 Å². The van der Waals surface area contributed by atoms with Crippen molar-refractivity contribution in [1.82, 2.24) is 0 Å². The molecule has 0 amide bonds. The van der Waals surface area contributed by atoms with Crippen LogP contribution in [-0.4, -0.2) is 18.2 Å².